The number of nitrogens with zero attached hydrogens (tertiary/aromatic N) is 1. The highest BCUT2D eigenvalue weighted by molar-refractivity contribution is 8.18. The monoisotopic (exact) mass is 281 g/mol. The Morgan fingerprint density at radius 3 is 2.84 bits per heavy atom. The first-order valence-corrected chi connectivity index (χ1v) is 6.24. The predicted octanol–water partition coefficient (Wildman–Crippen LogP) is 1.88. The third kappa shape index (κ3) is 2.55. The highest BCUT2D eigenvalue weighted by Gasteiger charge is 2.41. The Bertz CT molecular complexity index is 548. The Hall–Kier alpha value is -2.02. The normalized spacial score (nSPS) is 19.1. The van der Waals surface area contributed by atoms with E-state index in [1.807, 2.05) is 0 Å². The smallest absolute Gasteiger partial charge is 0.328 e. The van der Waals surface area contributed by atoms with Gasteiger partial charge < -0.3 is 9.15 Å². The summed E-state index contributed by atoms with van der Waals surface area (Å²) in [5.41, 5.74) is 0. The lowest BCUT2D eigenvalue weighted by Crippen LogP contribution is -2.42. The summed E-state index contributed by atoms with van der Waals surface area (Å²) in [5, 5.41) is -0.499. The fraction of sp³-hybridized carbons (Fsp3) is 0.250. The van der Waals surface area contributed by atoms with E-state index >= 15 is 0 Å². The lowest BCUT2D eigenvalue weighted by Gasteiger charge is -2.18. The van der Waals surface area contributed by atoms with E-state index in [1.165, 1.54) is 26.4 Å². The summed E-state index contributed by atoms with van der Waals surface area (Å²) < 4.78 is 9.61. The molecule has 1 aliphatic rings. The molecular weight excluding hydrogens is 270 g/mol. The number of rotatable bonds is 3. The number of methoxy groups -OCH3 is 1. The van der Waals surface area contributed by atoms with Crippen molar-refractivity contribution in [1.82, 2.24) is 4.90 Å². The molecule has 2 rings (SSSR count). The maximum atomic E-state index is 12.1. The van der Waals surface area contributed by atoms with Crippen LogP contribution in [0.4, 0.5) is 4.79 Å². The molecule has 100 valence electrons. The average molecular weight is 281 g/mol. The van der Waals surface area contributed by atoms with Crippen molar-refractivity contribution in [2.75, 3.05) is 7.11 Å². The zero-order chi connectivity index (χ0) is 14.0. The third-order valence-electron chi connectivity index (χ3n) is 2.57. The van der Waals surface area contributed by atoms with E-state index in [-0.39, 0.29) is 4.91 Å². The lowest BCUT2D eigenvalue weighted by molar-refractivity contribution is -0.148. The second-order valence-corrected chi connectivity index (χ2v) is 4.76. The third-order valence-corrected chi connectivity index (χ3v) is 3.45. The van der Waals surface area contributed by atoms with E-state index in [4.69, 9.17) is 4.42 Å². The van der Waals surface area contributed by atoms with Gasteiger partial charge in [-0.2, -0.15) is 0 Å². The fourth-order valence-corrected chi connectivity index (χ4v) is 2.48. The second-order valence-electron chi connectivity index (χ2n) is 3.77. The number of carbonyl (C=O) groups excluding carboxylic acids is 3. The summed E-state index contributed by atoms with van der Waals surface area (Å²) in [6, 6.07) is 2.39. The van der Waals surface area contributed by atoms with Gasteiger partial charge in [0.2, 0.25) is 0 Å². The Morgan fingerprint density at radius 1 is 1.53 bits per heavy atom. The van der Waals surface area contributed by atoms with Crippen molar-refractivity contribution in [1.29, 1.82) is 0 Å². The van der Waals surface area contributed by atoms with Crippen LogP contribution in [0.15, 0.2) is 27.7 Å². The van der Waals surface area contributed by atoms with Gasteiger partial charge in [0.15, 0.2) is 0 Å². The molecule has 1 aliphatic heterocycles. The fourth-order valence-electron chi connectivity index (χ4n) is 1.59. The maximum absolute atomic E-state index is 12.1. The molecule has 0 bridgehead atoms. The Kier molecular flexibility index (Phi) is 3.75. The van der Waals surface area contributed by atoms with Crippen molar-refractivity contribution >= 4 is 35.0 Å². The second kappa shape index (κ2) is 5.31. The Morgan fingerprint density at radius 2 is 2.26 bits per heavy atom. The van der Waals surface area contributed by atoms with Crippen molar-refractivity contribution in [3.8, 4) is 0 Å². The van der Waals surface area contributed by atoms with Crippen LogP contribution >= 0.6 is 11.8 Å². The van der Waals surface area contributed by atoms with Gasteiger partial charge in [0.1, 0.15) is 11.8 Å². The van der Waals surface area contributed by atoms with E-state index in [2.05, 4.69) is 4.74 Å². The minimum absolute atomic E-state index is 0.218. The molecule has 0 aliphatic carbocycles. The standard InChI is InChI=1S/C12H11NO5S/c1-7(11(15)17-2)13-10(14)9(19-12(13)16)6-8-4-3-5-18-8/h3-7H,1-2H3. The molecule has 6 nitrogen and oxygen atoms in total. The number of ether oxygens (including phenoxy) is 1. The molecule has 0 N–H and O–H groups in total. The van der Waals surface area contributed by atoms with Gasteiger partial charge in [-0.15, -0.1) is 0 Å². The van der Waals surface area contributed by atoms with Gasteiger partial charge in [-0.25, -0.2) is 4.79 Å². The van der Waals surface area contributed by atoms with Crippen LogP contribution in [-0.4, -0.2) is 35.2 Å². The van der Waals surface area contributed by atoms with E-state index < -0.39 is 23.2 Å². The predicted molar refractivity (Wildman–Crippen MR) is 68.0 cm³/mol. The molecule has 19 heavy (non-hydrogen) atoms. The highest BCUT2D eigenvalue weighted by atomic mass is 32.2. The van der Waals surface area contributed by atoms with E-state index in [9.17, 15) is 14.4 Å². The number of thioether (sulfide) groups is 1. The minimum atomic E-state index is -0.944. The van der Waals surface area contributed by atoms with Crippen LogP contribution in [0.25, 0.3) is 6.08 Å². The number of hydrogen-bond acceptors (Lipinski definition) is 6. The molecule has 1 unspecified atom stereocenters. The van der Waals surface area contributed by atoms with Crippen LogP contribution < -0.4 is 0 Å². The number of amides is 2. The van der Waals surface area contributed by atoms with Crippen LogP contribution in [0.5, 0.6) is 0 Å². The average Bonchev–Trinajstić information content (AvgIpc) is 2.98. The topological polar surface area (TPSA) is 76.8 Å². The SMILES string of the molecule is COC(=O)C(C)N1C(=O)SC(=Cc2ccco2)C1=O. The lowest BCUT2D eigenvalue weighted by atomic mass is 10.3. The first-order chi connectivity index (χ1) is 9.04. The van der Waals surface area contributed by atoms with Gasteiger partial charge in [0.25, 0.3) is 11.1 Å². The van der Waals surface area contributed by atoms with Crippen LogP contribution in [0, 0.1) is 0 Å². The molecule has 1 aromatic heterocycles. The van der Waals surface area contributed by atoms with Crippen molar-refractivity contribution < 1.29 is 23.5 Å². The zero-order valence-corrected chi connectivity index (χ0v) is 11.1. The van der Waals surface area contributed by atoms with Gasteiger partial charge in [0.05, 0.1) is 18.3 Å². The summed E-state index contributed by atoms with van der Waals surface area (Å²) in [7, 11) is 1.20. The quantitative estimate of drug-likeness (QED) is 0.622. The summed E-state index contributed by atoms with van der Waals surface area (Å²) in [6.45, 7) is 1.44. The number of carbonyl (C=O) groups is 3. The molecule has 1 aromatic rings. The molecule has 1 fully saturated rings. The Labute approximate surface area is 113 Å². The van der Waals surface area contributed by atoms with Gasteiger partial charge in [-0.3, -0.25) is 14.5 Å². The first-order valence-electron chi connectivity index (χ1n) is 5.43. The summed E-state index contributed by atoms with van der Waals surface area (Å²) >= 11 is 0.767. The van der Waals surface area contributed by atoms with Crippen LogP contribution in [0.3, 0.4) is 0 Å². The molecule has 1 atom stereocenters. The number of imide groups is 1. The zero-order valence-electron chi connectivity index (χ0n) is 10.3. The molecule has 0 spiro atoms. The summed E-state index contributed by atoms with van der Waals surface area (Å²) in [4.78, 5) is 36.3. The van der Waals surface area contributed by atoms with E-state index in [0.29, 0.717) is 5.76 Å². The molecule has 2 heterocycles. The number of furan rings is 1. The highest BCUT2D eigenvalue weighted by Crippen LogP contribution is 2.33. The summed E-state index contributed by atoms with van der Waals surface area (Å²) in [6.07, 6.45) is 2.93. The van der Waals surface area contributed by atoms with Crippen molar-refractivity contribution in [2.24, 2.45) is 0 Å². The van der Waals surface area contributed by atoms with E-state index in [0.717, 1.165) is 16.7 Å². The molecule has 1 saturated heterocycles. The molecule has 7 heteroatoms. The first kappa shape index (κ1) is 13.4. The van der Waals surface area contributed by atoms with E-state index in [1.54, 1.807) is 12.1 Å². The molecule has 2 amide bonds. The summed E-state index contributed by atoms with van der Waals surface area (Å²) in [5.74, 6) is -0.693. The van der Waals surface area contributed by atoms with Crippen LogP contribution in [0.1, 0.15) is 12.7 Å². The number of hydrogen-bond donors (Lipinski definition) is 0. The Balaban J connectivity index is 2.24. The minimum Gasteiger partial charge on any atom is -0.467 e. The number of esters is 1. The molecule has 0 saturated carbocycles. The van der Waals surface area contributed by atoms with Crippen molar-refractivity contribution in [3.63, 3.8) is 0 Å². The largest absolute Gasteiger partial charge is 0.467 e. The molecular formula is C12H11NO5S. The maximum Gasteiger partial charge on any atom is 0.328 e. The van der Waals surface area contributed by atoms with Gasteiger partial charge in [-0.05, 0) is 30.8 Å². The van der Waals surface area contributed by atoms with Gasteiger partial charge >= 0.3 is 5.97 Å². The van der Waals surface area contributed by atoms with Crippen molar-refractivity contribution in [3.05, 3.63) is 29.1 Å². The van der Waals surface area contributed by atoms with Crippen LogP contribution in [0.2, 0.25) is 0 Å². The van der Waals surface area contributed by atoms with Crippen molar-refractivity contribution in [2.45, 2.75) is 13.0 Å². The van der Waals surface area contributed by atoms with Gasteiger partial charge in [0, 0.05) is 6.08 Å². The van der Waals surface area contributed by atoms with Crippen LogP contribution in [-0.2, 0) is 14.3 Å². The molecule has 0 radical (unpaired) electrons. The van der Waals surface area contributed by atoms with Gasteiger partial charge in [-0.1, -0.05) is 0 Å². The molecule has 0 aromatic carbocycles.